The lowest BCUT2D eigenvalue weighted by Crippen LogP contribution is -2.29. The number of furan rings is 1. The molecule has 1 saturated heterocycles. The molecule has 2 N–H and O–H groups in total. The first-order valence-electron chi connectivity index (χ1n) is 11.1. The molecular formula is C26H23ClN4O3S2. The molecule has 2 aromatic carbocycles. The van der Waals surface area contributed by atoms with Crippen LogP contribution in [0.5, 0.6) is 0 Å². The predicted octanol–water partition coefficient (Wildman–Crippen LogP) is 5.85. The molecule has 184 valence electrons. The minimum absolute atomic E-state index is 0.267. The summed E-state index contributed by atoms with van der Waals surface area (Å²) in [5.41, 5.74) is 3.82. The van der Waals surface area contributed by atoms with Gasteiger partial charge in [0, 0.05) is 22.5 Å². The van der Waals surface area contributed by atoms with Crippen molar-refractivity contribution < 1.29 is 12.8 Å². The molecule has 0 saturated carbocycles. The number of rotatable bonds is 6. The number of sulfonamides is 1. The molecule has 5 rings (SSSR count). The third-order valence-electron chi connectivity index (χ3n) is 5.93. The topological polar surface area (TPSA) is 87.5 Å². The zero-order valence-corrected chi connectivity index (χ0v) is 21.9. The molecule has 2 aromatic heterocycles. The molecule has 2 atom stereocenters. The predicted molar refractivity (Wildman–Crippen MR) is 147 cm³/mol. The molecule has 1 aliphatic rings. The number of pyridine rings is 1. The van der Waals surface area contributed by atoms with Crippen molar-refractivity contribution in [2.45, 2.75) is 19.0 Å². The van der Waals surface area contributed by atoms with E-state index in [0.29, 0.717) is 27.3 Å². The zero-order chi connectivity index (χ0) is 25.4. The second kappa shape index (κ2) is 9.57. The van der Waals surface area contributed by atoms with E-state index in [1.807, 2.05) is 78.6 Å². The van der Waals surface area contributed by atoms with Gasteiger partial charge in [-0.1, -0.05) is 17.7 Å². The Hall–Kier alpha value is -3.40. The van der Waals surface area contributed by atoms with Gasteiger partial charge in [-0.05, 0) is 91.4 Å². The van der Waals surface area contributed by atoms with E-state index in [9.17, 15) is 8.42 Å². The minimum Gasteiger partial charge on any atom is -0.459 e. The maximum absolute atomic E-state index is 11.7. The molecule has 36 heavy (non-hydrogen) atoms. The third kappa shape index (κ3) is 4.95. The lowest BCUT2D eigenvalue weighted by atomic mass is 10.0. The van der Waals surface area contributed by atoms with Crippen LogP contribution in [0, 0.1) is 6.92 Å². The van der Waals surface area contributed by atoms with Crippen molar-refractivity contribution in [3.8, 4) is 11.3 Å². The van der Waals surface area contributed by atoms with Gasteiger partial charge in [0.2, 0.25) is 10.0 Å². The molecule has 3 heterocycles. The van der Waals surface area contributed by atoms with Gasteiger partial charge in [-0.25, -0.2) is 8.42 Å². The summed E-state index contributed by atoms with van der Waals surface area (Å²) in [6.07, 6.45) is 2.87. The smallest absolute Gasteiger partial charge is 0.229 e. The van der Waals surface area contributed by atoms with Gasteiger partial charge in [-0.3, -0.25) is 9.71 Å². The maximum atomic E-state index is 11.7. The monoisotopic (exact) mass is 538 g/mol. The van der Waals surface area contributed by atoms with E-state index in [4.69, 9.17) is 28.2 Å². The highest BCUT2D eigenvalue weighted by atomic mass is 35.5. The Labute approximate surface area is 220 Å². The summed E-state index contributed by atoms with van der Waals surface area (Å²) >= 11 is 11.8. The van der Waals surface area contributed by atoms with Crippen molar-refractivity contribution in [3.05, 3.63) is 101 Å². The van der Waals surface area contributed by atoms with E-state index in [-0.39, 0.29) is 12.1 Å². The Balaban J connectivity index is 1.57. The first-order chi connectivity index (χ1) is 17.2. The summed E-state index contributed by atoms with van der Waals surface area (Å²) in [5, 5.41) is 4.57. The molecule has 0 radical (unpaired) electrons. The van der Waals surface area contributed by atoms with E-state index < -0.39 is 10.0 Å². The van der Waals surface area contributed by atoms with Gasteiger partial charge in [-0.2, -0.15) is 0 Å². The Morgan fingerprint density at radius 2 is 1.86 bits per heavy atom. The van der Waals surface area contributed by atoms with Crippen LogP contribution in [-0.2, 0) is 10.0 Å². The molecule has 2 unspecified atom stereocenters. The quantitative estimate of drug-likeness (QED) is 0.298. The SMILES string of the molecule is Cc1cc(N2C(=S)NC(c3ccccn3)C2c2ccc(-c3ccc(Cl)cc3)o2)ccc1NS(C)(=O)=O. The summed E-state index contributed by atoms with van der Waals surface area (Å²) in [7, 11) is -3.40. The highest BCUT2D eigenvalue weighted by molar-refractivity contribution is 7.92. The first-order valence-corrected chi connectivity index (χ1v) is 13.8. The van der Waals surface area contributed by atoms with Crippen LogP contribution in [-0.4, -0.2) is 24.8 Å². The fraction of sp³-hybridized carbons (Fsp3) is 0.154. The van der Waals surface area contributed by atoms with Gasteiger partial charge in [0.15, 0.2) is 5.11 Å². The number of nitrogens with one attached hydrogen (secondary N) is 2. The maximum Gasteiger partial charge on any atom is 0.229 e. The van der Waals surface area contributed by atoms with Crippen LogP contribution in [0.1, 0.15) is 29.1 Å². The van der Waals surface area contributed by atoms with Crippen LogP contribution < -0.4 is 14.9 Å². The lowest BCUT2D eigenvalue weighted by Gasteiger charge is -2.26. The molecule has 0 spiro atoms. The average Bonchev–Trinajstić information content (AvgIpc) is 3.45. The average molecular weight is 539 g/mol. The fourth-order valence-electron chi connectivity index (χ4n) is 4.31. The summed E-state index contributed by atoms with van der Waals surface area (Å²) in [5.74, 6) is 1.42. The minimum atomic E-state index is -3.40. The van der Waals surface area contributed by atoms with Gasteiger partial charge in [-0.15, -0.1) is 0 Å². The number of aryl methyl sites for hydroxylation is 1. The Kier molecular flexibility index (Phi) is 6.46. The van der Waals surface area contributed by atoms with Gasteiger partial charge >= 0.3 is 0 Å². The number of nitrogens with zero attached hydrogens (tertiary/aromatic N) is 2. The Morgan fingerprint density at radius 1 is 1.08 bits per heavy atom. The Bertz CT molecular complexity index is 1520. The van der Waals surface area contributed by atoms with Gasteiger partial charge in [0.25, 0.3) is 0 Å². The van der Waals surface area contributed by atoms with Crippen molar-refractivity contribution in [1.82, 2.24) is 10.3 Å². The van der Waals surface area contributed by atoms with Crippen molar-refractivity contribution in [2.75, 3.05) is 15.9 Å². The fourth-order valence-corrected chi connectivity index (χ4v) is 5.42. The van der Waals surface area contributed by atoms with Gasteiger partial charge in [0.1, 0.15) is 17.6 Å². The van der Waals surface area contributed by atoms with Crippen molar-refractivity contribution in [2.24, 2.45) is 0 Å². The molecule has 0 bridgehead atoms. The molecule has 1 aliphatic heterocycles. The molecule has 10 heteroatoms. The second-order valence-corrected chi connectivity index (χ2v) is 11.2. The first kappa shape index (κ1) is 24.3. The van der Waals surface area contributed by atoms with Crippen LogP contribution in [0.3, 0.4) is 0 Å². The highest BCUT2D eigenvalue weighted by Crippen LogP contribution is 2.43. The van der Waals surface area contributed by atoms with E-state index in [1.54, 1.807) is 12.3 Å². The summed E-state index contributed by atoms with van der Waals surface area (Å²) < 4.78 is 32.4. The molecular weight excluding hydrogens is 516 g/mol. The number of benzene rings is 2. The largest absolute Gasteiger partial charge is 0.459 e. The standard InChI is InChI=1S/C26H23ClN4O3S2/c1-16-15-19(10-11-20(16)30-36(2,32)33)31-25(24(29-26(31)35)21-5-3-4-14-28-21)23-13-12-22(34-23)17-6-8-18(27)9-7-17/h3-15,24-25,30H,1-2H3,(H,29,35). The van der Waals surface area contributed by atoms with Crippen molar-refractivity contribution in [1.29, 1.82) is 0 Å². The van der Waals surface area contributed by atoms with E-state index >= 15 is 0 Å². The number of aromatic nitrogens is 1. The van der Waals surface area contributed by atoms with Crippen LogP contribution in [0.15, 0.2) is 83.4 Å². The second-order valence-electron chi connectivity index (χ2n) is 8.58. The molecule has 7 nitrogen and oxygen atoms in total. The molecule has 4 aromatic rings. The molecule has 0 amide bonds. The molecule has 1 fully saturated rings. The number of anilines is 2. The number of hydrogen-bond acceptors (Lipinski definition) is 5. The van der Waals surface area contributed by atoms with Crippen LogP contribution in [0.4, 0.5) is 11.4 Å². The zero-order valence-electron chi connectivity index (χ0n) is 19.5. The summed E-state index contributed by atoms with van der Waals surface area (Å²) in [4.78, 5) is 6.55. The van der Waals surface area contributed by atoms with Crippen LogP contribution in [0.2, 0.25) is 5.02 Å². The van der Waals surface area contributed by atoms with Gasteiger partial charge < -0.3 is 14.6 Å². The number of thiocarbonyl (C=S) groups is 1. The highest BCUT2D eigenvalue weighted by Gasteiger charge is 2.42. The summed E-state index contributed by atoms with van der Waals surface area (Å²) in [6.45, 7) is 1.85. The van der Waals surface area contributed by atoms with Gasteiger partial charge in [0.05, 0.1) is 23.7 Å². The van der Waals surface area contributed by atoms with E-state index in [1.165, 1.54) is 0 Å². The van der Waals surface area contributed by atoms with Crippen LogP contribution in [0.25, 0.3) is 11.3 Å². The Morgan fingerprint density at radius 3 is 2.53 bits per heavy atom. The van der Waals surface area contributed by atoms with E-state index in [2.05, 4.69) is 15.0 Å². The van der Waals surface area contributed by atoms with Crippen LogP contribution >= 0.6 is 23.8 Å². The van der Waals surface area contributed by atoms with Crippen molar-refractivity contribution >= 4 is 50.3 Å². The summed E-state index contributed by atoms with van der Waals surface area (Å²) in [6, 6.07) is 22.0. The lowest BCUT2D eigenvalue weighted by molar-refractivity contribution is 0.439. The number of halogens is 1. The normalized spacial score (nSPS) is 17.8. The van der Waals surface area contributed by atoms with E-state index in [0.717, 1.165) is 28.8 Å². The third-order valence-corrected chi connectivity index (χ3v) is 7.09. The van der Waals surface area contributed by atoms with Crippen molar-refractivity contribution in [3.63, 3.8) is 0 Å². The number of hydrogen-bond donors (Lipinski definition) is 2. The molecule has 0 aliphatic carbocycles.